The van der Waals surface area contributed by atoms with E-state index in [2.05, 4.69) is 91.0 Å². The lowest BCUT2D eigenvalue weighted by Crippen LogP contribution is -2.24. The summed E-state index contributed by atoms with van der Waals surface area (Å²) < 4.78 is 0. The molecule has 2 nitrogen and oxygen atoms in total. The van der Waals surface area contributed by atoms with E-state index >= 15 is 0 Å². The molecule has 0 N–H and O–H groups in total. The van der Waals surface area contributed by atoms with Crippen LogP contribution in [0.2, 0.25) is 0 Å². The minimum Gasteiger partial charge on any atom is -0.272 e. The van der Waals surface area contributed by atoms with Gasteiger partial charge in [0.15, 0.2) is 0 Å². The van der Waals surface area contributed by atoms with Gasteiger partial charge in [-0.05, 0) is 25.0 Å². The SMILES string of the molecule is C[C@H](c1ccccc1)N1[C]N([C@H](C)c2ccccc2)CC1. The number of nitrogens with zero attached hydrogens (tertiary/aromatic N) is 2. The fourth-order valence-corrected chi connectivity index (χ4v) is 2.86. The predicted octanol–water partition coefficient (Wildman–Crippen LogP) is 4.12. The number of rotatable bonds is 4. The Morgan fingerprint density at radius 2 is 1.10 bits per heavy atom. The Morgan fingerprint density at radius 1 is 0.714 bits per heavy atom. The maximum absolute atomic E-state index is 3.55. The smallest absolute Gasteiger partial charge is 0.147 e. The van der Waals surface area contributed by atoms with Gasteiger partial charge in [-0.25, -0.2) is 0 Å². The topological polar surface area (TPSA) is 6.48 Å². The molecule has 21 heavy (non-hydrogen) atoms. The van der Waals surface area contributed by atoms with Gasteiger partial charge in [-0.15, -0.1) is 0 Å². The lowest BCUT2D eigenvalue weighted by Gasteiger charge is -2.26. The first-order valence-corrected chi connectivity index (χ1v) is 7.65. The van der Waals surface area contributed by atoms with Gasteiger partial charge < -0.3 is 0 Å². The van der Waals surface area contributed by atoms with Crippen LogP contribution in [0.25, 0.3) is 0 Å². The molecular weight excluding hydrogens is 256 g/mol. The molecule has 0 aromatic heterocycles. The molecule has 0 unspecified atom stereocenters. The molecule has 2 atom stereocenters. The normalized spacial score (nSPS) is 19.5. The molecule has 1 aliphatic rings. The van der Waals surface area contributed by atoms with Crippen LogP contribution in [0.15, 0.2) is 60.7 Å². The van der Waals surface area contributed by atoms with Crippen molar-refractivity contribution in [3.8, 4) is 0 Å². The molecule has 0 spiro atoms. The van der Waals surface area contributed by atoms with Gasteiger partial charge in [-0.3, -0.25) is 9.80 Å². The van der Waals surface area contributed by atoms with Gasteiger partial charge in [0.1, 0.15) is 6.67 Å². The molecule has 0 saturated carbocycles. The molecule has 1 fully saturated rings. The van der Waals surface area contributed by atoms with E-state index in [1.54, 1.807) is 0 Å². The molecule has 2 heteroatoms. The van der Waals surface area contributed by atoms with Crippen molar-refractivity contribution in [1.82, 2.24) is 9.80 Å². The van der Waals surface area contributed by atoms with Crippen molar-refractivity contribution in [2.75, 3.05) is 13.1 Å². The second kappa shape index (κ2) is 6.42. The molecular formula is C19H22N2. The Kier molecular flexibility index (Phi) is 4.37. The number of hydrogen-bond donors (Lipinski definition) is 0. The Balaban J connectivity index is 1.66. The molecule has 3 rings (SSSR count). The van der Waals surface area contributed by atoms with E-state index in [1.165, 1.54) is 11.1 Å². The summed E-state index contributed by atoms with van der Waals surface area (Å²) in [6.07, 6.45) is 0. The molecule has 1 saturated heterocycles. The Morgan fingerprint density at radius 3 is 1.48 bits per heavy atom. The highest BCUT2D eigenvalue weighted by atomic mass is 15.4. The standard InChI is InChI=1S/C19H22N2/c1-16(18-9-5-3-6-10-18)20-13-14-21(15-20)17(2)19-11-7-4-8-12-19/h3-12,16-17H,13-14H2,1-2H3/t16-,17-/m1/s1. The number of hydrogen-bond acceptors (Lipinski definition) is 2. The van der Waals surface area contributed by atoms with Gasteiger partial charge >= 0.3 is 0 Å². The average Bonchev–Trinajstić information content (AvgIpc) is 3.05. The third kappa shape index (κ3) is 3.17. The molecule has 2 radical (unpaired) electrons. The molecule has 1 heterocycles. The summed E-state index contributed by atoms with van der Waals surface area (Å²) in [5.41, 5.74) is 2.69. The Hall–Kier alpha value is -1.64. The van der Waals surface area contributed by atoms with Crippen LogP contribution in [0.5, 0.6) is 0 Å². The summed E-state index contributed by atoms with van der Waals surface area (Å²) in [6, 6.07) is 22.1. The monoisotopic (exact) mass is 278 g/mol. The molecule has 2 aromatic rings. The van der Waals surface area contributed by atoms with E-state index in [0.29, 0.717) is 12.1 Å². The third-order valence-electron chi connectivity index (χ3n) is 4.34. The van der Waals surface area contributed by atoms with Crippen molar-refractivity contribution in [1.29, 1.82) is 0 Å². The predicted molar refractivity (Wildman–Crippen MR) is 86.4 cm³/mol. The first kappa shape index (κ1) is 14.3. The molecule has 0 amide bonds. The molecule has 2 aromatic carbocycles. The highest BCUT2D eigenvalue weighted by molar-refractivity contribution is 5.21. The van der Waals surface area contributed by atoms with Crippen LogP contribution in [-0.2, 0) is 0 Å². The van der Waals surface area contributed by atoms with Crippen LogP contribution in [-0.4, -0.2) is 22.9 Å². The largest absolute Gasteiger partial charge is 0.272 e. The van der Waals surface area contributed by atoms with E-state index in [9.17, 15) is 0 Å². The third-order valence-corrected chi connectivity index (χ3v) is 4.34. The van der Waals surface area contributed by atoms with Gasteiger partial charge in [0, 0.05) is 25.2 Å². The first-order chi connectivity index (χ1) is 10.3. The van der Waals surface area contributed by atoms with Gasteiger partial charge in [-0.2, -0.15) is 0 Å². The van der Waals surface area contributed by atoms with Crippen LogP contribution in [0, 0.1) is 6.67 Å². The summed E-state index contributed by atoms with van der Waals surface area (Å²) in [4.78, 5) is 4.63. The van der Waals surface area contributed by atoms with Crippen molar-refractivity contribution < 1.29 is 0 Å². The fraction of sp³-hybridized carbons (Fsp3) is 0.316. The average molecular weight is 278 g/mol. The second-order valence-electron chi connectivity index (χ2n) is 5.66. The molecule has 108 valence electrons. The zero-order valence-corrected chi connectivity index (χ0v) is 12.7. The van der Waals surface area contributed by atoms with Gasteiger partial charge in [0.25, 0.3) is 0 Å². The van der Waals surface area contributed by atoms with Gasteiger partial charge in [0.2, 0.25) is 0 Å². The van der Waals surface area contributed by atoms with Crippen molar-refractivity contribution in [2.45, 2.75) is 25.9 Å². The van der Waals surface area contributed by atoms with Crippen LogP contribution in [0.4, 0.5) is 0 Å². The van der Waals surface area contributed by atoms with E-state index in [0.717, 1.165) is 13.1 Å². The lowest BCUT2D eigenvalue weighted by atomic mass is 10.1. The zero-order chi connectivity index (χ0) is 14.7. The summed E-state index contributed by atoms with van der Waals surface area (Å²) in [6.45, 7) is 10.1. The van der Waals surface area contributed by atoms with Crippen molar-refractivity contribution in [3.05, 3.63) is 78.5 Å². The van der Waals surface area contributed by atoms with E-state index in [4.69, 9.17) is 0 Å². The van der Waals surface area contributed by atoms with Crippen LogP contribution in [0.3, 0.4) is 0 Å². The molecule has 1 aliphatic heterocycles. The maximum atomic E-state index is 3.55. The summed E-state index contributed by atoms with van der Waals surface area (Å²) in [7, 11) is 0. The maximum Gasteiger partial charge on any atom is 0.147 e. The van der Waals surface area contributed by atoms with E-state index in [1.807, 2.05) is 0 Å². The summed E-state index contributed by atoms with van der Waals surface area (Å²) in [5.74, 6) is 0. The van der Waals surface area contributed by atoms with Crippen molar-refractivity contribution >= 4 is 0 Å². The van der Waals surface area contributed by atoms with Gasteiger partial charge in [-0.1, -0.05) is 60.7 Å². The minimum absolute atomic E-state index is 0.374. The van der Waals surface area contributed by atoms with E-state index < -0.39 is 0 Å². The van der Waals surface area contributed by atoms with Crippen molar-refractivity contribution in [2.24, 2.45) is 0 Å². The minimum atomic E-state index is 0.374. The highest BCUT2D eigenvalue weighted by Crippen LogP contribution is 2.30. The molecule has 0 bridgehead atoms. The highest BCUT2D eigenvalue weighted by Gasteiger charge is 2.29. The Bertz CT molecular complexity index is 501. The van der Waals surface area contributed by atoms with Crippen LogP contribution < -0.4 is 0 Å². The summed E-state index contributed by atoms with van der Waals surface area (Å²) >= 11 is 0. The lowest BCUT2D eigenvalue weighted by molar-refractivity contribution is 0.241. The Labute approximate surface area is 128 Å². The fourth-order valence-electron chi connectivity index (χ4n) is 2.86. The van der Waals surface area contributed by atoms with Crippen molar-refractivity contribution in [3.63, 3.8) is 0 Å². The van der Waals surface area contributed by atoms with E-state index in [-0.39, 0.29) is 0 Å². The van der Waals surface area contributed by atoms with Gasteiger partial charge in [0.05, 0.1) is 0 Å². The quantitative estimate of drug-likeness (QED) is 0.830. The van der Waals surface area contributed by atoms with Crippen LogP contribution in [0.1, 0.15) is 37.1 Å². The second-order valence-corrected chi connectivity index (χ2v) is 5.66. The molecule has 0 aliphatic carbocycles. The zero-order valence-electron chi connectivity index (χ0n) is 12.7. The number of benzene rings is 2. The van der Waals surface area contributed by atoms with Crippen LogP contribution >= 0.6 is 0 Å². The first-order valence-electron chi connectivity index (χ1n) is 7.65. The summed E-state index contributed by atoms with van der Waals surface area (Å²) in [5, 5.41) is 0.